The number of nitrogens with zero attached hydrogens (tertiary/aromatic N) is 3. The maximum absolute atomic E-state index is 12.8. The molecule has 1 saturated heterocycles. The van der Waals surface area contributed by atoms with Gasteiger partial charge in [-0.2, -0.15) is 5.10 Å². The maximum atomic E-state index is 12.8. The lowest BCUT2D eigenvalue weighted by atomic mass is 9.97. The van der Waals surface area contributed by atoms with Crippen LogP contribution < -0.4 is 11.0 Å². The van der Waals surface area contributed by atoms with Crippen LogP contribution in [0.15, 0.2) is 35.1 Å². The van der Waals surface area contributed by atoms with Crippen LogP contribution in [0.4, 0.5) is 0 Å². The van der Waals surface area contributed by atoms with Gasteiger partial charge >= 0.3 is 5.69 Å². The van der Waals surface area contributed by atoms with Crippen LogP contribution in [-0.4, -0.2) is 40.7 Å². The molecule has 0 spiro atoms. The second-order valence-electron chi connectivity index (χ2n) is 6.16. The fraction of sp³-hybridized carbons (Fsp3) is 0.556. The average molecular weight is 403 g/mol. The second-order valence-corrected chi connectivity index (χ2v) is 6.16. The van der Waals surface area contributed by atoms with Crippen LogP contribution in [0.3, 0.4) is 0 Å². The standard InChI is InChI=1S/C18H26N4O2.2ClH/c1-2-24-13-12-22-18(23)21(14-15-6-4-3-5-7-15)17(20-22)16-8-10-19-11-9-16;;/h3-7,16,19H,2,8-14H2,1H3;2*1H. The first-order valence-corrected chi connectivity index (χ1v) is 8.79. The Morgan fingerprint density at radius 2 is 1.88 bits per heavy atom. The monoisotopic (exact) mass is 402 g/mol. The molecule has 8 heteroatoms. The van der Waals surface area contributed by atoms with Crippen molar-refractivity contribution >= 4 is 24.8 Å². The van der Waals surface area contributed by atoms with Gasteiger partial charge in [-0.25, -0.2) is 9.48 Å². The molecule has 26 heavy (non-hydrogen) atoms. The molecule has 0 unspecified atom stereocenters. The molecule has 0 bridgehead atoms. The highest BCUT2D eigenvalue weighted by molar-refractivity contribution is 5.85. The lowest BCUT2D eigenvalue weighted by molar-refractivity contribution is 0.135. The number of nitrogens with one attached hydrogen (secondary N) is 1. The van der Waals surface area contributed by atoms with E-state index in [0.29, 0.717) is 32.2 Å². The summed E-state index contributed by atoms with van der Waals surface area (Å²) in [6, 6.07) is 10.1. The summed E-state index contributed by atoms with van der Waals surface area (Å²) >= 11 is 0. The van der Waals surface area contributed by atoms with E-state index in [-0.39, 0.29) is 30.5 Å². The minimum absolute atomic E-state index is 0. The first kappa shape index (κ1) is 22.7. The van der Waals surface area contributed by atoms with Crippen molar-refractivity contribution in [1.29, 1.82) is 0 Å². The van der Waals surface area contributed by atoms with Crippen LogP contribution in [0.1, 0.15) is 37.1 Å². The van der Waals surface area contributed by atoms with Gasteiger partial charge in [-0.3, -0.25) is 4.57 Å². The number of ether oxygens (including phenoxy) is 1. The molecule has 2 heterocycles. The smallest absolute Gasteiger partial charge is 0.346 e. The summed E-state index contributed by atoms with van der Waals surface area (Å²) in [5.74, 6) is 1.26. The number of hydrogen-bond acceptors (Lipinski definition) is 4. The van der Waals surface area contributed by atoms with Crippen LogP contribution in [-0.2, 0) is 17.8 Å². The van der Waals surface area contributed by atoms with E-state index in [1.165, 1.54) is 0 Å². The van der Waals surface area contributed by atoms with E-state index >= 15 is 0 Å². The Morgan fingerprint density at radius 1 is 1.19 bits per heavy atom. The average Bonchev–Trinajstić information content (AvgIpc) is 2.93. The fourth-order valence-corrected chi connectivity index (χ4v) is 3.20. The number of piperidine rings is 1. The van der Waals surface area contributed by atoms with Gasteiger partial charge in [-0.05, 0) is 38.4 Å². The number of halogens is 2. The van der Waals surface area contributed by atoms with Gasteiger partial charge in [0.25, 0.3) is 0 Å². The van der Waals surface area contributed by atoms with Crippen molar-refractivity contribution in [1.82, 2.24) is 19.7 Å². The maximum Gasteiger partial charge on any atom is 0.346 e. The number of aromatic nitrogens is 3. The molecule has 0 atom stereocenters. The van der Waals surface area contributed by atoms with E-state index in [0.717, 1.165) is 37.3 Å². The second kappa shape index (κ2) is 11.4. The summed E-state index contributed by atoms with van der Waals surface area (Å²) < 4.78 is 8.80. The highest BCUT2D eigenvalue weighted by Crippen LogP contribution is 2.23. The van der Waals surface area contributed by atoms with Crippen molar-refractivity contribution < 1.29 is 4.74 Å². The van der Waals surface area contributed by atoms with E-state index in [1.54, 1.807) is 4.68 Å². The molecular weight excluding hydrogens is 375 g/mol. The molecule has 1 aliphatic heterocycles. The summed E-state index contributed by atoms with van der Waals surface area (Å²) in [4.78, 5) is 12.8. The molecule has 0 radical (unpaired) electrons. The number of hydrogen-bond donors (Lipinski definition) is 1. The third-order valence-corrected chi connectivity index (χ3v) is 4.49. The Bertz CT molecular complexity index is 697. The zero-order valence-corrected chi connectivity index (χ0v) is 16.7. The molecule has 1 aliphatic rings. The van der Waals surface area contributed by atoms with Gasteiger partial charge < -0.3 is 10.1 Å². The molecule has 0 saturated carbocycles. The van der Waals surface area contributed by atoms with Gasteiger partial charge in [0.05, 0.1) is 19.7 Å². The molecule has 3 rings (SSSR count). The Hall–Kier alpha value is -1.34. The molecule has 146 valence electrons. The van der Waals surface area contributed by atoms with E-state index in [9.17, 15) is 4.79 Å². The van der Waals surface area contributed by atoms with Crippen LogP contribution in [0.25, 0.3) is 0 Å². The normalized spacial score (nSPS) is 14.5. The lowest BCUT2D eigenvalue weighted by Crippen LogP contribution is -2.30. The van der Waals surface area contributed by atoms with Gasteiger partial charge in [-0.1, -0.05) is 30.3 Å². The molecule has 2 aromatic rings. The summed E-state index contributed by atoms with van der Waals surface area (Å²) in [5, 5.41) is 8.04. The third kappa shape index (κ3) is 5.58. The minimum atomic E-state index is -0.0351. The molecule has 0 amide bonds. The molecule has 1 N–H and O–H groups in total. The predicted octanol–water partition coefficient (Wildman–Crippen LogP) is 2.44. The molecular formula is C18H28Cl2N4O2. The number of benzene rings is 1. The van der Waals surface area contributed by atoms with Crippen molar-refractivity contribution in [2.24, 2.45) is 0 Å². The largest absolute Gasteiger partial charge is 0.380 e. The van der Waals surface area contributed by atoms with E-state index < -0.39 is 0 Å². The molecule has 6 nitrogen and oxygen atoms in total. The highest BCUT2D eigenvalue weighted by Gasteiger charge is 2.23. The summed E-state index contributed by atoms with van der Waals surface area (Å²) in [7, 11) is 0. The fourth-order valence-electron chi connectivity index (χ4n) is 3.20. The van der Waals surface area contributed by atoms with Crippen LogP contribution in [0.5, 0.6) is 0 Å². The quantitative estimate of drug-likeness (QED) is 0.722. The first-order valence-electron chi connectivity index (χ1n) is 8.79. The molecule has 1 fully saturated rings. The van der Waals surface area contributed by atoms with E-state index in [4.69, 9.17) is 4.74 Å². The predicted molar refractivity (Wildman–Crippen MR) is 108 cm³/mol. The first-order chi connectivity index (χ1) is 11.8. The van der Waals surface area contributed by atoms with Crippen molar-refractivity contribution in [2.75, 3.05) is 26.3 Å². The van der Waals surface area contributed by atoms with E-state index in [1.807, 2.05) is 29.7 Å². The van der Waals surface area contributed by atoms with Gasteiger partial charge in [0.1, 0.15) is 5.82 Å². The highest BCUT2D eigenvalue weighted by atomic mass is 35.5. The van der Waals surface area contributed by atoms with Crippen molar-refractivity contribution in [3.63, 3.8) is 0 Å². The third-order valence-electron chi connectivity index (χ3n) is 4.49. The summed E-state index contributed by atoms with van der Waals surface area (Å²) in [5.41, 5.74) is 1.09. The van der Waals surface area contributed by atoms with Gasteiger partial charge in [-0.15, -0.1) is 24.8 Å². The summed E-state index contributed by atoms with van der Waals surface area (Å²) in [6.07, 6.45) is 2.05. The molecule has 0 aliphatic carbocycles. The van der Waals surface area contributed by atoms with Crippen molar-refractivity contribution in [3.8, 4) is 0 Å². The van der Waals surface area contributed by atoms with Crippen LogP contribution in [0.2, 0.25) is 0 Å². The van der Waals surface area contributed by atoms with Crippen LogP contribution in [0, 0.1) is 0 Å². The molecule has 1 aromatic heterocycles. The van der Waals surface area contributed by atoms with Crippen LogP contribution >= 0.6 is 24.8 Å². The topological polar surface area (TPSA) is 61.1 Å². The number of rotatable bonds is 7. The Kier molecular flexibility index (Phi) is 9.94. The SMILES string of the molecule is CCOCCn1nc(C2CCNCC2)n(Cc2ccccc2)c1=O.Cl.Cl. The van der Waals surface area contributed by atoms with Crippen molar-refractivity contribution in [3.05, 3.63) is 52.2 Å². The molecule has 1 aromatic carbocycles. The Balaban J connectivity index is 0.00000169. The summed E-state index contributed by atoms with van der Waals surface area (Å²) in [6.45, 7) is 6.17. The van der Waals surface area contributed by atoms with E-state index in [2.05, 4.69) is 22.5 Å². The zero-order chi connectivity index (χ0) is 16.8. The Labute approximate surface area is 166 Å². The van der Waals surface area contributed by atoms with Gasteiger partial charge in [0.15, 0.2) is 0 Å². The van der Waals surface area contributed by atoms with Gasteiger partial charge in [0.2, 0.25) is 0 Å². The van der Waals surface area contributed by atoms with Gasteiger partial charge in [0, 0.05) is 12.5 Å². The zero-order valence-electron chi connectivity index (χ0n) is 15.1. The van der Waals surface area contributed by atoms with Crippen molar-refractivity contribution in [2.45, 2.75) is 38.8 Å². The lowest BCUT2D eigenvalue weighted by Gasteiger charge is -2.22. The minimum Gasteiger partial charge on any atom is -0.380 e. The Morgan fingerprint density at radius 3 is 2.54 bits per heavy atom.